The fourth-order valence-corrected chi connectivity index (χ4v) is 2.32. The predicted octanol–water partition coefficient (Wildman–Crippen LogP) is -2.12. The molecule has 0 amide bonds. The van der Waals surface area contributed by atoms with Crippen LogP contribution in [0.25, 0.3) is 15.6 Å². The van der Waals surface area contributed by atoms with Gasteiger partial charge >= 0.3 is 0 Å². The summed E-state index contributed by atoms with van der Waals surface area (Å²) in [5.41, 5.74) is 0. The third-order valence-corrected chi connectivity index (χ3v) is 3.05. The van der Waals surface area contributed by atoms with E-state index in [4.69, 9.17) is 18.6 Å². The number of benzene rings is 1. The standard InChI is InChI=1S/C11H8NS.ClHO4/c1-2-4-10-8-12-5-6-13-11(12)7-9(10)3-1;2-1(3,4)5/h1-8H;(H,2,3,4,5)/q+1;/p-1. The maximum absolute atomic E-state index is 8.49. The van der Waals surface area contributed by atoms with E-state index in [2.05, 4.69) is 52.5 Å². The first kappa shape index (κ1) is 13.2. The number of hydrogen-bond acceptors (Lipinski definition) is 5. The van der Waals surface area contributed by atoms with E-state index in [0.29, 0.717) is 0 Å². The molecule has 0 bridgehead atoms. The van der Waals surface area contributed by atoms with Crippen molar-refractivity contribution in [1.82, 2.24) is 0 Å². The molecule has 0 aliphatic rings. The Bertz CT molecular complexity index is 609. The summed E-state index contributed by atoms with van der Waals surface area (Å²) in [6.07, 6.45) is 4.26. The second-order valence-electron chi connectivity index (χ2n) is 3.43. The van der Waals surface area contributed by atoms with Gasteiger partial charge in [0.15, 0.2) is 12.4 Å². The van der Waals surface area contributed by atoms with Gasteiger partial charge in [-0.05, 0) is 11.5 Å². The first-order chi connectivity index (χ1) is 8.43. The SMILES string of the molecule is [O-][Cl+3]([O-])([O-])[O-].c1ccc2c[n+]3ccsc3cc2c1. The molecule has 5 nitrogen and oxygen atoms in total. The van der Waals surface area contributed by atoms with Crippen molar-refractivity contribution < 1.29 is 33.3 Å². The first-order valence-corrected chi connectivity index (χ1v) is 6.94. The van der Waals surface area contributed by atoms with Gasteiger partial charge in [-0.15, -0.1) is 10.2 Å². The molecule has 0 N–H and O–H groups in total. The Kier molecular flexibility index (Phi) is 3.76. The summed E-state index contributed by atoms with van der Waals surface area (Å²) >= 11 is 1.77. The molecule has 0 aliphatic carbocycles. The maximum atomic E-state index is 8.49. The van der Waals surface area contributed by atoms with Crippen molar-refractivity contribution in [3.8, 4) is 0 Å². The summed E-state index contributed by atoms with van der Waals surface area (Å²) in [6, 6.07) is 10.7. The predicted molar refractivity (Wildman–Crippen MR) is 55.0 cm³/mol. The van der Waals surface area contributed by atoms with Crippen molar-refractivity contribution in [1.29, 1.82) is 0 Å². The van der Waals surface area contributed by atoms with Crippen molar-refractivity contribution in [3.63, 3.8) is 0 Å². The molecule has 3 aromatic rings. The van der Waals surface area contributed by atoms with E-state index in [1.807, 2.05) is 0 Å². The van der Waals surface area contributed by atoms with E-state index >= 15 is 0 Å². The number of rotatable bonds is 0. The van der Waals surface area contributed by atoms with Crippen LogP contribution in [0.2, 0.25) is 0 Å². The summed E-state index contributed by atoms with van der Waals surface area (Å²) in [7, 11) is -4.94. The molecule has 3 rings (SSSR count). The normalized spacial score (nSPS) is 11.3. The monoisotopic (exact) mass is 285 g/mol. The van der Waals surface area contributed by atoms with E-state index in [9.17, 15) is 0 Å². The van der Waals surface area contributed by atoms with Crippen molar-refractivity contribution in [2.75, 3.05) is 0 Å². The summed E-state index contributed by atoms with van der Waals surface area (Å²) in [6.45, 7) is 0. The van der Waals surface area contributed by atoms with Crippen molar-refractivity contribution >= 4 is 26.9 Å². The van der Waals surface area contributed by atoms with Crippen LogP contribution in [0.1, 0.15) is 0 Å². The largest absolute Gasteiger partial charge is 0.267 e. The minimum Gasteiger partial charge on any atom is -0.222 e. The lowest BCUT2D eigenvalue weighted by atomic mass is 10.2. The van der Waals surface area contributed by atoms with Gasteiger partial charge in [-0.1, -0.05) is 29.5 Å². The zero-order valence-corrected chi connectivity index (χ0v) is 10.6. The lowest BCUT2D eigenvalue weighted by molar-refractivity contribution is -2.00. The summed E-state index contributed by atoms with van der Waals surface area (Å²) < 4.78 is 36.1. The van der Waals surface area contributed by atoms with Gasteiger partial charge in [0.1, 0.15) is 0 Å². The zero-order valence-electron chi connectivity index (χ0n) is 8.99. The minimum absolute atomic E-state index is 1.29. The first-order valence-electron chi connectivity index (χ1n) is 4.82. The number of fused-ring (bicyclic) bond motifs is 2. The number of nitrogens with zero attached hydrogens (tertiary/aromatic N) is 1. The minimum atomic E-state index is -4.94. The molecule has 7 heteroatoms. The van der Waals surface area contributed by atoms with E-state index in [1.54, 1.807) is 11.3 Å². The number of aromatic nitrogens is 1. The van der Waals surface area contributed by atoms with Gasteiger partial charge in [0.2, 0.25) is 0 Å². The second kappa shape index (κ2) is 5.15. The van der Waals surface area contributed by atoms with Crippen molar-refractivity contribution in [2.45, 2.75) is 0 Å². The van der Waals surface area contributed by atoms with Crippen LogP contribution in [0, 0.1) is 10.2 Å². The molecule has 2 heterocycles. The van der Waals surface area contributed by atoms with E-state index in [0.717, 1.165) is 0 Å². The van der Waals surface area contributed by atoms with Crippen LogP contribution in [0.3, 0.4) is 0 Å². The molecule has 94 valence electrons. The number of pyridine rings is 1. The molecule has 0 aliphatic heterocycles. The average Bonchev–Trinajstić information content (AvgIpc) is 2.70. The van der Waals surface area contributed by atoms with Crippen molar-refractivity contribution in [2.24, 2.45) is 0 Å². The molecule has 0 unspecified atom stereocenters. The third-order valence-electron chi connectivity index (χ3n) is 2.22. The van der Waals surface area contributed by atoms with Crippen LogP contribution in [0.4, 0.5) is 0 Å². The maximum Gasteiger partial charge on any atom is 0.267 e. The van der Waals surface area contributed by atoms with Crippen LogP contribution < -0.4 is 23.0 Å². The molecule has 18 heavy (non-hydrogen) atoms. The molecule has 0 spiro atoms. The van der Waals surface area contributed by atoms with Gasteiger partial charge in [-0.25, -0.2) is 18.6 Å². The molecule has 1 aromatic carbocycles. The number of halogens is 1. The fraction of sp³-hybridized carbons (Fsp3) is 0. The van der Waals surface area contributed by atoms with Crippen LogP contribution in [0.5, 0.6) is 0 Å². The molecule has 0 saturated heterocycles. The highest BCUT2D eigenvalue weighted by Crippen LogP contribution is 2.15. The summed E-state index contributed by atoms with van der Waals surface area (Å²) in [5.74, 6) is 0. The van der Waals surface area contributed by atoms with Crippen LogP contribution in [0.15, 0.2) is 48.1 Å². The van der Waals surface area contributed by atoms with Gasteiger partial charge in [-0.2, -0.15) is 4.40 Å². The topological polar surface area (TPSA) is 96.3 Å². The Labute approximate surface area is 109 Å². The van der Waals surface area contributed by atoms with Crippen molar-refractivity contribution in [3.05, 3.63) is 48.1 Å². The highest BCUT2D eigenvalue weighted by molar-refractivity contribution is 7.15. The Balaban J connectivity index is 0.000000209. The quantitative estimate of drug-likeness (QED) is 0.441. The number of thiazole rings is 1. The number of hydrogen-bond donors (Lipinski definition) is 0. The molecule has 0 saturated carbocycles. The van der Waals surface area contributed by atoms with Crippen LogP contribution >= 0.6 is 11.3 Å². The van der Waals surface area contributed by atoms with E-state index in [-0.39, 0.29) is 0 Å². The molecule has 2 aromatic heterocycles. The lowest BCUT2D eigenvalue weighted by Gasteiger charge is -2.17. The summed E-state index contributed by atoms with van der Waals surface area (Å²) in [5, 5.41) is 4.71. The Morgan fingerprint density at radius 3 is 2.28 bits per heavy atom. The molecular formula is C11H8ClNO4S. The zero-order chi connectivity index (χ0) is 13.2. The Morgan fingerprint density at radius 2 is 1.61 bits per heavy atom. The molecular weight excluding hydrogens is 278 g/mol. The lowest BCUT2D eigenvalue weighted by Crippen LogP contribution is -2.68. The smallest absolute Gasteiger partial charge is 0.222 e. The van der Waals surface area contributed by atoms with Crippen LogP contribution in [-0.4, -0.2) is 0 Å². The molecule has 0 radical (unpaired) electrons. The van der Waals surface area contributed by atoms with Gasteiger partial charge in [0.05, 0.1) is 5.38 Å². The summed E-state index contributed by atoms with van der Waals surface area (Å²) in [4.78, 5) is 1.29. The highest BCUT2D eigenvalue weighted by Gasteiger charge is 2.04. The Morgan fingerprint density at radius 1 is 1.00 bits per heavy atom. The van der Waals surface area contributed by atoms with E-state index < -0.39 is 10.2 Å². The average molecular weight is 286 g/mol. The molecule has 0 fully saturated rings. The Hall–Kier alpha value is -1.28. The van der Waals surface area contributed by atoms with Gasteiger partial charge < -0.3 is 0 Å². The second-order valence-corrected chi connectivity index (χ2v) is 5.11. The third kappa shape index (κ3) is 3.61. The highest BCUT2D eigenvalue weighted by atomic mass is 35.7. The van der Waals surface area contributed by atoms with E-state index in [1.165, 1.54) is 15.6 Å². The molecule has 0 atom stereocenters. The van der Waals surface area contributed by atoms with Gasteiger partial charge in [0, 0.05) is 11.5 Å². The fourth-order valence-electron chi connectivity index (χ4n) is 1.56. The van der Waals surface area contributed by atoms with Crippen LogP contribution in [-0.2, 0) is 0 Å². The van der Waals surface area contributed by atoms with Gasteiger partial charge in [0.25, 0.3) is 4.83 Å². The van der Waals surface area contributed by atoms with Gasteiger partial charge in [-0.3, -0.25) is 0 Å².